The van der Waals surface area contributed by atoms with Gasteiger partial charge in [0.15, 0.2) is 0 Å². The van der Waals surface area contributed by atoms with E-state index >= 15 is 0 Å². The summed E-state index contributed by atoms with van der Waals surface area (Å²) in [5.41, 5.74) is 1.03. The van der Waals surface area contributed by atoms with E-state index in [0.717, 1.165) is 31.2 Å². The first kappa shape index (κ1) is 16.5. The Kier molecular flexibility index (Phi) is 6.44. The number of benzene rings is 1. The third-order valence-corrected chi connectivity index (χ3v) is 4.25. The van der Waals surface area contributed by atoms with Crippen LogP contribution in [0.5, 0.6) is 0 Å². The largest absolute Gasteiger partial charge is 0.465 e. The summed E-state index contributed by atoms with van der Waals surface area (Å²) >= 11 is 0. The van der Waals surface area contributed by atoms with E-state index in [1.807, 2.05) is 30.3 Å². The van der Waals surface area contributed by atoms with Crippen LogP contribution in [0, 0.1) is 11.8 Å². The first-order valence-corrected chi connectivity index (χ1v) is 8.20. The molecule has 0 bridgehead atoms. The van der Waals surface area contributed by atoms with E-state index in [-0.39, 0.29) is 17.8 Å². The van der Waals surface area contributed by atoms with Gasteiger partial charge < -0.3 is 10.1 Å². The number of rotatable bonds is 6. The summed E-state index contributed by atoms with van der Waals surface area (Å²) in [5.74, 6) is -1.12. The lowest BCUT2D eigenvalue weighted by atomic mass is 9.79. The number of nitrogens with one attached hydrogen (secondary N) is 1. The van der Waals surface area contributed by atoms with Crippen molar-refractivity contribution >= 4 is 11.9 Å². The van der Waals surface area contributed by atoms with Gasteiger partial charge in [-0.3, -0.25) is 9.59 Å². The third-order valence-electron chi connectivity index (χ3n) is 4.25. The number of amides is 1. The Bertz CT molecular complexity index is 480. The van der Waals surface area contributed by atoms with Gasteiger partial charge in [-0.15, -0.1) is 0 Å². The smallest absolute Gasteiger partial charge is 0.318 e. The predicted octanol–water partition coefficient (Wildman–Crippen LogP) is 3.06. The fraction of sp³-hybridized carbons (Fsp3) is 0.556. The molecule has 120 valence electrons. The van der Waals surface area contributed by atoms with Gasteiger partial charge in [-0.25, -0.2) is 0 Å². The minimum Gasteiger partial charge on any atom is -0.465 e. The van der Waals surface area contributed by atoms with Crippen molar-refractivity contribution in [2.75, 3.05) is 6.61 Å². The molecule has 2 rings (SSSR count). The number of hydrogen-bond donors (Lipinski definition) is 1. The van der Waals surface area contributed by atoms with Gasteiger partial charge in [0.05, 0.1) is 6.61 Å². The molecule has 1 saturated carbocycles. The third kappa shape index (κ3) is 4.58. The van der Waals surface area contributed by atoms with Crippen LogP contribution in [0.4, 0.5) is 0 Å². The fourth-order valence-corrected chi connectivity index (χ4v) is 3.11. The summed E-state index contributed by atoms with van der Waals surface area (Å²) in [7, 11) is 0. The van der Waals surface area contributed by atoms with E-state index in [4.69, 9.17) is 4.74 Å². The fourth-order valence-electron chi connectivity index (χ4n) is 3.11. The molecular weight excluding hydrogens is 278 g/mol. The van der Waals surface area contributed by atoms with Crippen molar-refractivity contribution in [2.24, 2.45) is 11.8 Å². The Morgan fingerprint density at radius 2 is 1.86 bits per heavy atom. The van der Waals surface area contributed by atoms with Crippen molar-refractivity contribution < 1.29 is 14.3 Å². The Hall–Kier alpha value is -1.84. The minimum absolute atomic E-state index is 0.114. The Labute approximate surface area is 132 Å². The maximum Gasteiger partial charge on any atom is 0.318 e. The molecule has 1 fully saturated rings. The molecule has 4 heteroatoms. The second kappa shape index (κ2) is 8.57. The van der Waals surface area contributed by atoms with Crippen LogP contribution in [0.15, 0.2) is 30.3 Å². The van der Waals surface area contributed by atoms with Gasteiger partial charge in [0.25, 0.3) is 0 Å². The van der Waals surface area contributed by atoms with Crippen LogP contribution in [0.1, 0.15) is 44.6 Å². The van der Waals surface area contributed by atoms with E-state index in [0.29, 0.717) is 13.2 Å². The van der Waals surface area contributed by atoms with E-state index in [1.54, 1.807) is 6.92 Å². The van der Waals surface area contributed by atoms with Crippen molar-refractivity contribution in [1.82, 2.24) is 5.32 Å². The number of carbonyl (C=O) groups excluding carboxylic acids is 2. The maximum atomic E-state index is 12.5. The predicted molar refractivity (Wildman–Crippen MR) is 85.0 cm³/mol. The van der Waals surface area contributed by atoms with Crippen molar-refractivity contribution in [3.05, 3.63) is 35.9 Å². The van der Waals surface area contributed by atoms with Crippen molar-refractivity contribution in [2.45, 2.75) is 45.6 Å². The molecule has 4 nitrogen and oxygen atoms in total. The summed E-state index contributed by atoms with van der Waals surface area (Å²) in [6.45, 7) is 2.54. The van der Waals surface area contributed by atoms with E-state index in [1.165, 1.54) is 6.42 Å². The molecule has 0 saturated heterocycles. The minimum atomic E-state index is -0.663. The van der Waals surface area contributed by atoms with E-state index in [2.05, 4.69) is 5.32 Å². The monoisotopic (exact) mass is 303 g/mol. The Morgan fingerprint density at radius 1 is 1.18 bits per heavy atom. The van der Waals surface area contributed by atoms with Crippen LogP contribution in [0.2, 0.25) is 0 Å². The molecule has 22 heavy (non-hydrogen) atoms. The molecule has 1 aromatic carbocycles. The van der Waals surface area contributed by atoms with Crippen LogP contribution in [0.25, 0.3) is 0 Å². The zero-order valence-electron chi connectivity index (χ0n) is 13.2. The molecule has 0 radical (unpaired) electrons. The van der Waals surface area contributed by atoms with Gasteiger partial charge >= 0.3 is 5.97 Å². The number of ether oxygens (including phenoxy) is 1. The molecule has 1 aliphatic carbocycles. The lowest BCUT2D eigenvalue weighted by molar-refractivity contribution is -0.155. The zero-order valence-corrected chi connectivity index (χ0v) is 13.2. The van der Waals surface area contributed by atoms with Crippen LogP contribution < -0.4 is 5.32 Å². The summed E-state index contributed by atoms with van der Waals surface area (Å²) in [5, 5.41) is 2.90. The molecule has 0 unspecified atom stereocenters. The van der Waals surface area contributed by atoms with Crippen molar-refractivity contribution in [1.29, 1.82) is 0 Å². The van der Waals surface area contributed by atoms with Crippen LogP contribution in [-0.2, 0) is 20.9 Å². The molecule has 0 spiro atoms. The van der Waals surface area contributed by atoms with E-state index in [9.17, 15) is 9.59 Å². The van der Waals surface area contributed by atoms with E-state index < -0.39 is 5.92 Å². The van der Waals surface area contributed by atoms with Crippen LogP contribution in [-0.4, -0.2) is 18.5 Å². The second-order valence-corrected chi connectivity index (χ2v) is 5.83. The summed E-state index contributed by atoms with van der Waals surface area (Å²) in [6.07, 6.45) is 5.24. The van der Waals surface area contributed by atoms with Crippen molar-refractivity contribution in [3.8, 4) is 0 Å². The topological polar surface area (TPSA) is 55.4 Å². The zero-order chi connectivity index (χ0) is 15.8. The lowest BCUT2D eigenvalue weighted by Crippen LogP contribution is -2.41. The van der Waals surface area contributed by atoms with Gasteiger partial charge in [0, 0.05) is 6.54 Å². The molecule has 1 amide bonds. The van der Waals surface area contributed by atoms with Crippen molar-refractivity contribution in [3.63, 3.8) is 0 Å². The van der Waals surface area contributed by atoms with Gasteiger partial charge in [-0.05, 0) is 31.2 Å². The van der Waals surface area contributed by atoms with Gasteiger partial charge in [-0.2, -0.15) is 0 Å². The normalized spacial score (nSPS) is 16.8. The molecule has 1 aromatic rings. The Morgan fingerprint density at radius 3 is 2.50 bits per heavy atom. The highest BCUT2D eigenvalue weighted by molar-refractivity contribution is 5.98. The summed E-state index contributed by atoms with van der Waals surface area (Å²) in [6, 6.07) is 9.73. The highest BCUT2D eigenvalue weighted by atomic mass is 16.5. The highest BCUT2D eigenvalue weighted by Gasteiger charge is 2.36. The van der Waals surface area contributed by atoms with Gasteiger partial charge in [-0.1, -0.05) is 49.6 Å². The molecule has 0 aliphatic heterocycles. The van der Waals surface area contributed by atoms with Crippen LogP contribution >= 0.6 is 0 Å². The van der Waals surface area contributed by atoms with Gasteiger partial charge in [0.1, 0.15) is 5.92 Å². The molecular formula is C18H25NO3. The number of hydrogen-bond acceptors (Lipinski definition) is 3. The first-order valence-electron chi connectivity index (χ1n) is 8.20. The highest BCUT2D eigenvalue weighted by Crippen LogP contribution is 2.31. The number of esters is 1. The molecule has 1 aliphatic rings. The lowest BCUT2D eigenvalue weighted by Gasteiger charge is -2.27. The standard InChI is InChI=1S/C18H25NO3/c1-2-22-18(21)16(15-11-7-4-8-12-15)17(20)19-13-14-9-5-3-6-10-14/h3,5-6,9-10,15-16H,2,4,7-8,11-13H2,1H3,(H,19,20)/t16-/m0/s1. The Balaban J connectivity index is 1.99. The molecule has 1 N–H and O–H groups in total. The average molecular weight is 303 g/mol. The number of carbonyl (C=O) groups is 2. The SMILES string of the molecule is CCOC(=O)[C@H](C(=O)NCc1ccccc1)C1CCCCC1. The molecule has 0 heterocycles. The van der Waals surface area contributed by atoms with Crippen LogP contribution in [0.3, 0.4) is 0 Å². The average Bonchev–Trinajstić information content (AvgIpc) is 2.55. The summed E-state index contributed by atoms with van der Waals surface area (Å²) < 4.78 is 5.13. The molecule has 0 aromatic heterocycles. The summed E-state index contributed by atoms with van der Waals surface area (Å²) in [4.78, 5) is 24.7. The van der Waals surface area contributed by atoms with Gasteiger partial charge in [0.2, 0.25) is 5.91 Å². The molecule has 1 atom stereocenters. The maximum absolute atomic E-state index is 12.5. The second-order valence-electron chi connectivity index (χ2n) is 5.83. The quantitative estimate of drug-likeness (QED) is 0.649. The first-order chi connectivity index (χ1) is 10.7.